The Hall–Kier alpha value is -3.20. The van der Waals surface area contributed by atoms with Crippen LogP contribution in [0.1, 0.15) is 38.1 Å². The first-order valence-corrected chi connectivity index (χ1v) is 10.3. The molecule has 1 saturated heterocycles. The van der Waals surface area contributed by atoms with Crippen LogP contribution in [0.25, 0.3) is 11.0 Å². The molecule has 31 heavy (non-hydrogen) atoms. The number of benzene rings is 1. The van der Waals surface area contributed by atoms with Gasteiger partial charge in [0.25, 0.3) is 0 Å². The van der Waals surface area contributed by atoms with Gasteiger partial charge in [-0.2, -0.15) is 0 Å². The van der Waals surface area contributed by atoms with E-state index >= 15 is 0 Å². The van der Waals surface area contributed by atoms with Crippen molar-refractivity contribution in [1.29, 1.82) is 0 Å². The molecule has 0 saturated carbocycles. The Morgan fingerprint density at radius 3 is 2.65 bits per heavy atom. The third-order valence-corrected chi connectivity index (χ3v) is 5.76. The summed E-state index contributed by atoms with van der Waals surface area (Å²) in [6.45, 7) is 8.19. The second kappa shape index (κ2) is 8.14. The molecule has 9 heteroatoms. The predicted molar refractivity (Wildman–Crippen MR) is 115 cm³/mol. The fourth-order valence-electron chi connectivity index (χ4n) is 3.74. The fraction of sp³-hybridized carbons (Fsp3) is 0.409. The molecule has 2 aromatic heterocycles. The maximum absolute atomic E-state index is 13.6. The number of nitrogens with one attached hydrogen (secondary N) is 2. The highest BCUT2D eigenvalue weighted by atomic mass is 19.1. The lowest BCUT2D eigenvalue weighted by Gasteiger charge is -2.43. The van der Waals surface area contributed by atoms with Crippen molar-refractivity contribution < 1.29 is 18.7 Å². The summed E-state index contributed by atoms with van der Waals surface area (Å²) >= 11 is 0. The Labute approximate surface area is 179 Å². The molecule has 8 nitrogen and oxygen atoms in total. The lowest BCUT2D eigenvalue weighted by molar-refractivity contribution is 0.0979. The van der Waals surface area contributed by atoms with Gasteiger partial charge in [0.05, 0.1) is 36.3 Å². The largest absolute Gasteiger partial charge is 0.459 e. The van der Waals surface area contributed by atoms with E-state index < -0.39 is 12.1 Å². The van der Waals surface area contributed by atoms with Crippen LogP contribution in [0.4, 0.5) is 20.8 Å². The first-order valence-electron chi connectivity index (χ1n) is 10.3. The summed E-state index contributed by atoms with van der Waals surface area (Å²) in [6.07, 6.45) is 2.68. The summed E-state index contributed by atoms with van der Waals surface area (Å²) < 4.78 is 19.6. The van der Waals surface area contributed by atoms with Crippen molar-refractivity contribution in [3.8, 4) is 0 Å². The summed E-state index contributed by atoms with van der Waals surface area (Å²) in [5.41, 5.74) is 1.82. The molecule has 4 rings (SSSR count). The van der Waals surface area contributed by atoms with Crippen LogP contribution < -0.4 is 15.5 Å². The van der Waals surface area contributed by atoms with Crippen LogP contribution in [0.2, 0.25) is 0 Å². The number of anilines is 2. The molecular weight excluding hydrogens is 401 g/mol. The molecule has 3 aromatic rings. The molecule has 1 aromatic carbocycles. The standard InChI is InChI=1S/C22H26FN5O3/c1-11(2)19(20-12(3)16-7-14(23)5-6-18(16)31-20)27-22(30)26-15-8-24-21(25-9-15)28-10-17(29)13(28)4/h5-9,11,13,17,19,29H,10H2,1-4H3,(H2,26,27,30)/t13-,17+,19?/m1/s1. The average molecular weight is 427 g/mol. The normalized spacial score (nSPS) is 19.4. The van der Waals surface area contributed by atoms with Crippen LogP contribution in [-0.4, -0.2) is 39.8 Å². The number of nitrogens with zero attached hydrogens (tertiary/aromatic N) is 3. The lowest BCUT2D eigenvalue weighted by Crippen LogP contribution is -2.59. The molecule has 2 amide bonds. The number of aromatic nitrogens is 2. The van der Waals surface area contributed by atoms with Gasteiger partial charge in [0.1, 0.15) is 17.2 Å². The minimum Gasteiger partial charge on any atom is -0.459 e. The van der Waals surface area contributed by atoms with Gasteiger partial charge in [0.2, 0.25) is 5.95 Å². The van der Waals surface area contributed by atoms with Gasteiger partial charge in [-0.1, -0.05) is 13.8 Å². The highest BCUT2D eigenvalue weighted by Gasteiger charge is 2.35. The second-order valence-corrected chi connectivity index (χ2v) is 8.28. The molecule has 0 bridgehead atoms. The number of hydrogen-bond acceptors (Lipinski definition) is 6. The number of furan rings is 1. The number of halogens is 1. The SMILES string of the molecule is Cc1c(C(NC(=O)Nc2cnc(N3C[C@H](O)[C@H]3C)nc2)C(C)C)oc2ccc(F)cc12. The molecule has 1 fully saturated rings. The van der Waals surface area contributed by atoms with Crippen molar-refractivity contribution in [2.75, 3.05) is 16.8 Å². The Bertz CT molecular complexity index is 1100. The summed E-state index contributed by atoms with van der Waals surface area (Å²) in [5, 5.41) is 16.0. The Balaban J connectivity index is 1.47. The third-order valence-electron chi connectivity index (χ3n) is 5.76. The van der Waals surface area contributed by atoms with Crippen molar-refractivity contribution in [1.82, 2.24) is 15.3 Å². The number of urea groups is 1. The first-order chi connectivity index (χ1) is 14.7. The van der Waals surface area contributed by atoms with Crippen LogP contribution in [-0.2, 0) is 0 Å². The van der Waals surface area contributed by atoms with E-state index in [1.54, 1.807) is 6.07 Å². The molecule has 0 radical (unpaired) electrons. The van der Waals surface area contributed by atoms with Crippen molar-refractivity contribution in [2.24, 2.45) is 5.92 Å². The molecule has 0 aliphatic carbocycles. The number of aliphatic hydroxyl groups excluding tert-OH is 1. The van der Waals surface area contributed by atoms with Gasteiger partial charge >= 0.3 is 6.03 Å². The number of carbonyl (C=O) groups excluding carboxylic acids is 1. The van der Waals surface area contributed by atoms with E-state index in [1.165, 1.54) is 24.5 Å². The van der Waals surface area contributed by atoms with Crippen LogP contribution in [0.15, 0.2) is 35.0 Å². The number of fused-ring (bicyclic) bond motifs is 1. The summed E-state index contributed by atoms with van der Waals surface area (Å²) in [7, 11) is 0. The lowest BCUT2D eigenvalue weighted by atomic mass is 9.98. The number of rotatable bonds is 5. The molecule has 3 atom stereocenters. The monoisotopic (exact) mass is 427 g/mol. The van der Waals surface area contributed by atoms with E-state index in [4.69, 9.17) is 4.42 Å². The highest BCUT2D eigenvalue weighted by molar-refractivity contribution is 5.89. The van der Waals surface area contributed by atoms with Crippen molar-refractivity contribution in [2.45, 2.75) is 45.9 Å². The average Bonchev–Trinajstić information content (AvgIpc) is 3.06. The maximum Gasteiger partial charge on any atom is 0.319 e. The Morgan fingerprint density at radius 1 is 1.32 bits per heavy atom. The third kappa shape index (κ3) is 4.05. The topological polar surface area (TPSA) is 104 Å². The molecule has 3 heterocycles. The molecule has 1 unspecified atom stereocenters. The smallest absolute Gasteiger partial charge is 0.319 e. The van der Waals surface area contributed by atoms with Crippen LogP contribution in [0.5, 0.6) is 0 Å². The van der Waals surface area contributed by atoms with E-state index in [-0.39, 0.29) is 23.9 Å². The molecule has 1 aliphatic rings. The van der Waals surface area contributed by atoms with Gasteiger partial charge in [-0.25, -0.2) is 19.2 Å². The minimum atomic E-state index is -0.422. The zero-order chi connectivity index (χ0) is 22.3. The van der Waals surface area contributed by atoms with Gasteiger partial charge in [-0.3, -0.25) is 0 Å². The van der Waals surface area contributed by atoms with E-state index in [2.05, 4.69) is 20.6 Å². The van der Waals surface area contributed by atoms with Crippen LogP contribution in [0, 0.1) is 18.7 Å². The van der Waals surface area contributed by atoms with E-state index in [9.17, 15) is 14.3 Å². The van der Waals surface area contributed by atoms with E-state index in [0.717, 1.165) is 5.56 Å². The van der Waals surface area contributed by atoms with Crippen LogP contribution in [0.3, 0.4) is 0 Å². The van der Waals surface area contributed by atoms with E-state index in [0.29, 0.717) is 34.9 Å². The quantitative estimate of drug-likeness (QED) is 0.573. The second-order valence-electron chi connectivity index (χ2n) is 8.28. The van der Waals surface area contributed by atoms with Gasteiger partial charge in [-0.05, 0) is 38.0 Å². The summed E-state index contributed by atoms with van der Waals surface area (Å²) in [5.74, 6) is 0.810. The van der Waals surface area contributed by atoms with Crippen LogP contribution >= 0.6 is 0 Å². The molecule has 3 N–H and O–H groups in total. The van der Waals surface area contributed by atoms with E-state index in [1.807, 2.05) is 32.6 Å². The van der Waals surface area contributed by atoms with Crippen molar-refractivity contribution in [3.63, 3.8) is 0 Å². The molecule has 1 aliphatic heterocycles. The first kappa shape index (κ1) is 21.0. The number of aryl methyl sites for hydroxylation is 1. The summed E-state index contributed by atoms with van der Waals surface area (Å²) in [4.78, 5) is 23.1. The number of β-amino-alcohol motifs (C(OH)–C–C–N with tert-alkyl or cyclic N) is 1. The van der Waals surface area contributed by atoms with Gasteiger partial charge in [-0.15, -0.1) is 0 Å². The minimum absolute atomic E-state index is 0.0329. The molecule has 0 spiro atoms. The van der Waals surface area contributed by atoms with Crippen molar-refractivity contribution in [3.05, 3.63) is 47.7 Å². The zero-order valence-electron chi connectivity index (χ0n) is 17.9. The predicted octanol–water partition coefficient (Wildman–Crippen LogP) is 3.76. The highest BCUT2D eigenvalue weighted by Crippen LogP contribution is 2.33. The number of carbonyl (C=O) groups is 1. The molecular formula is C22H26FN5O3. The molecule has 164 valence electrons. The fourth-order valence-corrected chi connectivity index (χ4v) is 3.74. The van der Waals surface area contributed by atoms with Gasteiger partial charge in [0, 0.05) is 17.5 Å². The van der Waals surface area contributed by atoms with Gasteiger partial charge in [0.15, 0.2) is 0 Å². The maximum atomic E-state index is 13.6. The Kier molecular flexibility index (Phi) is 5.53. The van der Waals surface area contributed by atoms with Gasteiger partial charge < -0.3 is 25.1 Å². The summed E-state index contributed by atoms with van der Waals surface area (Å²) in [6, 6.07) is 3.52. The number of hydrogen-bond donors (Lipinski definition) is 3. The number of aliphatic hydroxyl groups is 1. The van der Waals surface area contributed by atoms with Crippen molar-refractivity contribution >= 4 is 28.6 Å². The number of amides is 2. The zero-order valence-corrected chi connectivity index (χ0v) is 17.9. The Morgan fingerprint density at radius 2 is 2.03 bits per heavy atom.